The molecule has 6 unspecified atom stereocenters. The lowest BCUT2D eigenvalue weighted by molar-refractivity contribution is -0.148. The SMILES string of the molecule is CCN(Cc1cc(O)c2c(c1F)CC1CC(C(C(O)C(C(C)=N)C(N)=O)N(C)C)C(=O)C(=O)C1C2=O)C1(C2CC2)CC1. The Balaban J connectivity index is 1.47. The van der Waals surface area contributed by atoms with Crippen LogP contribution in [-0.2, 0) is 27.3 Å². The molecule has 228 valence electrons. The summed E-state index contributed by atoms with van der Waals surface area (Å²) in [5.74, 6) is -8.45. The molecule has 6 atom stereocenters. The standard InChI is InChI=1S/C31H41FN4O6/c1-5-36(31(8-9-31)17-6-7-17)13-16-12-20(37)23-18(24(16)32)10-15-11-19(26(38)29(41)22(15)27(23)39)25(35(3)4)28(40)21(14(2)33)30(34)42/h12,15,17,19,21-22,25,28,33,37,40H,5-11,13H2,1-4H3,(H2,34,42). The number of halogens is 1. The Labute approximate surface area is 244 Å². The molecule has 3 fully saturated rings. The van der Waals surface area contributed by atoms with Crippen LogP contribution >= 0.6 is 0 Å². The molecule has 0 aromatic heterocycles. The number of aliphatic hydroxyl groups excluding tert-OH is 1. The Bertz CT molecular complexity index is 1340. The molecule has 3 saturated carbocycles. The summed E-state index contributed by atoms with van der Waals surface area (Å²) in [7, 11) is 3.16. The topological polar surface area (TPSA) is 165 Å². The van der Waals surface area contributed by atoms with E-state index in [-0.39, 0.29) is 41.0 Å². The van der Waals surface area contributed by atoms with Crippen molar-refractivity contribution in [2.75, 3.05) is 20.6 Å². The first-order valence-corrected chi connectivity index (χ1v) is 14.8. The van der Waals surface area contributed by atoms with E-state index in [1.165, 1.54) is 30.7 Å². The molecule has 0 bridgehead atoms. The van der Waals surface area contributed by atoms with E-state index in [4.69, 9.17) is 11.1 Å². The quantitative estimate of drug-likeness (QED) is 0.174. The van der Waals surface area contributed by atoms with Crippen LogP contribution in [-0.4, -0.2) is 87.3 Å². The lowest BCUT2D eigenvalue weighted by Crippen LogP contribution is -2.59. The van der Waals surface area contributed by atoms with Gasteiger partial charge in [-0.1, -0.05) is 6.92 Å². The number of phenolic OH excluding ortho intramolecular Hbond substituents is 1. The fourth-order valence-corrected chi connectivity index (χ4v) is 7.97. The summed E-state index contributed by atoms with van der Waals surface area (Å²) in [6, 6.07) is 0.231. The number of fused-ring (bicyclic) bond motifs is 2. The molecule has 0 saturated heterocycles. The van der Waals surface area contributed by atoms with E-state index in [0.717, 1.165) is 19.4 Å². The van der Waals surface area contributed by atoms with Crippen LogP contribution in [0.25, 0.3) is 0 Å². The zero-order valence-corrected chi connectivity index (χ0v) is 24.7. The molecule has 1 amide bonds. The number of primary amides is 1. The maximum Gasteiger partial charge on any atom is 0.228 e. The van der Waals surface area contributed by atoms with Gasteiger partial charge in [0.1, 0.15) is 17.5 Å². The van der Waals surface area contributed by atoms with Crippen LogP contribution in [0.5, 0.6) is 5.75 Å². The monoisotopic (exact) mass is 584 g/mol. The summed E-state index contributed by atoms with van der Waals surface area (Å²) < 4.78 is 16.2. The number of carbonyl (C=O) groups is 4. The van der Waals surface area contributed by atoms with Crippen molar-refractivity contribution in [2.45, 2.75) is 76.6 Å². The Morgan fingerprint density at radius 1 is 1.19 bits per heavy atom. The highest BCUT2D eigenvalue weighted by Gasteiger charge is 2.57. The average molecular weight is 585 g/mol. The first-order chi connectivity index (χ1) is 19.7. The predicted molar refractivity (Wildman–Crippen MR) is 152 cm³/mol. The van der Waals surface area contributed by atoms with E-state index in [1.54, 1.807) is 14.1 Å². The van der Waals surface area contributed by atoms with Crippen molar-refractivity contribution in [1.82, 2.24) is 9.80 Å². The molecule has 4 aliphatic carbocycles. The number of aromatic hydroxyl groups is 1. The number of nitrogens with two attached hydrogens (primary N) is 1. The summed E-state index contributed by atoms with van der Waals surface area (Å²) in [5.41, 5.74) is 5.48. The number of ketones is 3. The molecule has 1 aromatic rings. The minimum atomic E-state index is -1.56. The summed E-state index contributed by atoms with van der Waals surface area (Å²) in [6.07, 6.45) is 2.86. The number of likely N-dealkylation sites (N-methyl/N-ethyl adjacent to an activating group) is 1. The summed E-state index contributed by atoms with van der Waals surface area (Å²) in [5, 5.41) is 30.1. The molecule has 11 heteroatoms. The first kappa shape index (κ1) is 30.4. The molecule has 0 spiro atoms. The van der Waals surface area contributed by atoms with Crippen LogP contribution in [0.15, 0.2) is 6.07 Å². The molecule has 0 aliphatic heterocycles. The number of nitrogens with one attached hydrogen (secondary N) is 1. The number of rotatable bonds is 11. The van der Waals surface area contributed by atoms with Crippen molar-refractivity contribution in [1.29, 1.82) is 5.41 Å². The van der Waals surface area contributed by atoms with Crippen LogP contribution in [0.1, 0.15) is 67.4 Å². The van der Waals surface area contributed by atoms with Gasteiger partial charge in [0.05, 0.1) is 17.6 Å². The maximum atomic E-state index is 16.2. The number of benzene rings is 1. The zero-order chi connectivity index (χ0) is 30.8. The van der Waals surface area contributed by atoms with Gasteiger partial charge in [0.25, 0.3) is 0 Å². The summed E-state index contributed by atoms with van der Waals surface area (Å²) in [4.78, 5) is 56.3. The van der Waals surface area contributed by atoms with Gasteiger partial charge in [-0.15, -0.1) is 0 Å². The first-order valence-electron chi connectivity index (χ1n) is 14.8. The van der Waals surface area contributed by atoms with Crippen molar-refractivity contribution in [3.63, 3.8) is 0 Å². The lowest BCUT2D eigenvalue weighted by Gasteiger charge is -2.43. The lowest BCUT2D eigenvalue weighted by atomic mass is 9.61. The highest BCUT2D eigenvalue weighted by Crippen LogP contribution is 2.58. The second-order valence-corrected chi connectivity index (χ2v) is 13.0. The normalized spacial score (nSPS) is 27.0. The number of phenols is 1. The molecule has 10 nitrogen and oxygen atoms in total. The van der Waals surface area contributed by atoms with Gasteiger partial charge in [0.15, 0.2) is 5.78 Å². The molecule has 4 aliphatic rings. The number of hydrogen-bond donors (Lipinski definition) is 4. The van der Waals surface area contributed by atoms with Gasteiger partial charge >= 0.3 is 0 Å². The average Bonchev–Trinajstić information content (AvgIpc) is 3.81. The fourth-order valence-electron chi connectivity index (χ4n) is 7.97. The number of Topliss-reactive ketones (excluding diaryl/α,β-unsaturated/α-hetero) is 3. The van der Waals surface area contributed by atoms with Crippen molar-refractivity contribution in [3.05, 3.63) is 28.6 Å². The van der Waals surface area contributed by atoms with E-state index in [2.05, 4.69) is 4.90 Å². The number of aliphatic hydroxyl groups is 1. The molecular weight excluding hydrogens is 543 g/mol. The zero-order valence-electron chi connectivity index (χ0n) is 24.7. The van der Waals surface area contributed by atoms with E-state index in [0.29, 0.717) is 18.0 Å². The van der Waals surface area contributed by atoms with E-state index < -0.39 is 64.9 Å². The predicted octanol–water partition coefficient (Wildman–Crippen LogP) is 1.86. The molecular formula is C31H41FN4O6. The third-order valence-electron chi connectivity index (χ3n) is 10.2. The number of amides is 1. The van der Waals surface area contributed by atoms with Crippen molar-refractivity contribution in [2.24, 2.45) is 35.3 Å². The number of hydrogen-bond acceptors (Lipinski definition) is 9. The fraction of sp³-hybridized carbons (Fsp3) is 0.645. The summed E-state index contributed by atoms with van der Waals surface area (Å²) in [6.45, 7) is 4.39. The van der Waals surface area contributed by atoms with Crippen LogP contribution in [0, 0.1) is 40.8 Å². The highest BCUT2D eigenvalue weighted by atomic mass is 19.1. The second-order valence-electron chi connectivity index (χ2n) is 13.0. The maximum absolute atomic E-state index is 16.2. The van der Waals surface area contributed by atoms with Gasteiger partial charge in [0.2, 0.25) is 17.5 Å². The van der Waals surface area contributed by atoms with Crippen molar-refractivity contribution >= 4 is 29.0 Å². The van der Waals surface area contributed by atoms with Gasteiger partial charge < -0.3 is 26.3 Å². The Morgan fingerprint density at radius 2 is 1.83 bits per heavy atom. The molecule has 5 N–H and O–H groups in total. The van der Waals surface area contributed by atoms with E-state index in [9.17, 15) is 29.4 Å². The molecule has 0 heterocycles. The number of nitrogens with zero attached hydrogens (tertiary/aromatic N) is 2. The van der Waals surface area contributed by atoms with Gasteiger partial charge in [0, 0.05) is 40.9 Å². The summed E-state index contributed by atoms with van der Waals surface area (Å²) >= 11 is 0. The third-order valence-corrected chi connectivity index (χ3v) is 10.2. The number of carbonyl (C=O) groups excluding carboxylic acids is 4. The Morgan fingerprint density at radius 3 is 2.33 bits per heavy atom. The Hall–Kier alpha value is -3.02. The van der Waals surface area contributed by atoms with Gasteiger partial charge in [-0.3, -0.25) is 24.1 Å². The van der Waals surface area contributed by atoms with E-state index >= 15 is 4.39 Å². The minimum absolute atomic E-state index is 0.0147. The van der Waals surface area contributed by atoms with Gasteiger partial charge in [-0.25, -0.2) is 4.39 Å². The van der Waals surface area contributed by atoms with E-state index in [1.807, 2.05) is 6.92 Å². The van der Waals surface area contributed by atoms with Crippen LogP contribution in [0.3, 0.4) is 0 Å². The molecule has 5 rings (SSSR count). The van der Waals surface area contributed by atoms with Crippen molar-refractivity contribution in [3.8, 4) is 5.75 Å². The third kappa shape index (κ3) is 4.89. The largest absolute Gasteiger partial charge is 0.507 e. The van der Waals surface area contributed by atoms with Crippen LogP contribution < -0.4 is 5.73 Å². The smallest absolute Gasteiger partial charge is 0.228 e. The molecule has 1 aromatic carbocycles. The highest BCUT2D eigenvalue weighted by molar-refractivity contribution is 6.44. The van der Waals surface area contributed by atoms with Crippen LogP contribution in [0.2, 0.25) is 0 Å². The Kier molecular flexibility index (Phi) is 7.91. The molecule has 42 heavy (non-hydrogen) atoms. The second kappa shape index (κ2) is 10.9. The van der Waals surface area contributed by atoms with Crippen LogP contribution in [0.4, 0.5) is 4.39 Å². The van der Waals surface area contributed by atoms with Crippen molar-refractivity contribution < 1.29 is 33.8 Å². The minimum Gasteiger partial charge on any atom is -0.507 e. The molecule has 0 radical (unpaired) electrons. The van der Waals surface area contributed by atoms with Gasteiger partial charge in [-0.05, 0) is 84.0 Å². The van der Waals surface area contributed by atoms with Gasteiger partial charge in [-0.2, -0.15) is 0 Å².